The molecule has 0 radical (unpaired) electrons. The number of nitrogens with one attached hydrogen (secondary N) is 1. The van der Waals surface area contributed by atoms with Crippen LogP contribution in [0.1, 0.15) is 6.92 Å². The Bertz CT molecular complexity index is 509. The van der Waals surface area contributed by atoms with Crippen molar-refractivity contribution in [3.05, 3.63) is 12.1 Å². The van der Waals surface area contributed by atoms with Gasteiger partial charge in [-0.1, -0.05) is 0 Å². The molecule has 8 heteroatoms. The van der Waals surface area contributed by atoms with Gasteiger partial charge in [0, 0.05) is 38.4 Å². The van der Waals surface area contributed by atoms with Crippen LogP contribution in [0.15, 0.2) is 17.2 Å². The minimum absolute atomic E-state index is 0.656. The molecule has 0 aromatic carbocycles. The topological polar surface area (TPSA) is 75.1 Å². The van der Waals surface area contributed by atoms with Crippen molar-refractivity contribution in [1.82, 2.24) is 15.1 Å². The summed E-state index contributed by atoms with van der Waals surface area (Å²) in [5.74, 6) is 1.54. The number of morpholine rings is 2. The maximum atomic E-state index is 5.34. The third-order valence-electron chi connectivity index (χ3n) is 3.90. The van der Waals surface area contributed by atoms with Crippen molar-refractivity contribution in [1.29, 1.82) is 0 Å². The Balaban J connectivity index is 1.50. The van der Waals surface area contributed by atoms with Gasteiger partial charge in [0.05, 0.1) is 26.4 Å². The van der Waals surface area contributed by atoms with Gasteiger partial charge in [0.15, 0.2) is 11.6 Å². The van der Waals surface area contributed by atoms with Gasteiger partial charge in [-0.05, 0) is 19.1 Å². The second kappa shape index (κ2) is 8.19. The van der Waals surface area contributed by atoms with Crippen molar-refractivity contribution in [3.63, 3.8) is 0 Å². The molecule has 8 nitrogen and oxygen atoms in total. The molecule has 1 aromatic heterocycles. The fourth-order valence-electron chi connectivity index (χ4n) is 2.62. The van der Waals surface area contributed by atoms with Gasteiger partial charge in [0.1, 0.15) is 0 Å². The van der Waals surface area contributed by atoms with Crippen LogP contribution in [0, 0.1) is 0 Å². The largest absolute Gasteiger partial charge is 0.379 e. The molecular formula is C15H24N6O2. The highest BCUT2D eigenvalue weighted by Gasteiger charge is 2.13. The van der Waals surface area contributed by atoms with Crippen LogP contribution in [0.25, 0.3) is 0 Å². The first kappa shape index (κ1) is 16.1. The van der Waals surface area contributed by atoms with E-state index < -0.39 is 0 Å². The molecular weight excluding hydrogens is 296 g/mol. The molecule has 2 aliphatic heterocycles. The number of rotatable bonds is 5. The average molecular weight is 320 g/mol. The van der Waals surface area contributed by atoms with E-state index in [0.29, 0.717) is 5.82 Å². The first-order valence-electron chi connectivity index (χ1n) is 8.07. The van der Waals surface area contributed by atoms with Crippen LogP contribution in [0.5, 0.6) is 0 Å². The van der Waals surface area contributed by atoms with Crippen molar-refractivity contribution in [3.8, 4) is 0 Å². The van der Waals surface area contributed by atoms with Crippen LogP contribution >= 0.6 is 0 Å². The molecule has 0 unspecified atom stereocenters. The summed E-state index contributed by atoms with van der Waals surface area (Å²) in [6.07, 6.45) is 0. The SMILES string of the molecule is C/C(CN1CCOCC1)=N\Nc1ccc(N2CCOCC2)nn1. The first-order chi connectivity index (χ1) is 11.3. The second-order valence-electron chi connectivity index (χ2n) is 5.72. The van der Waals surface area contributed by atoms with Crippen LogP contribution in [-0.2, 0) is 9.47 Å². The molecule has 1 aromatic rings. The third kappa shape index (κ3) is 4.85. The van der Waals surface area contributed by atoms with Crippen molar-refractivity contribution >= 4 is 17.3 Å². The van der Waals surface area contributed by atoms with E-state index in [9.17, 15) is 0 Å². The molecule has 23 heavy (non-hydrogen) atoms. The molecule has 3 heterocycles. The minimum Gasteiger partial charge on any atom is -0.379 e. The lowest BCUT2D eigenvalue weighted by Gasteiger charge is -2.27. The van der Waals surface area contributed by atoms with Gasteiger partial charge in [-0.25, -0.2) is 0 Å². The highest BCUT2D eigenvalue weighted by molar-refractivity contribution is 5.84. The van der Waals surface area contributed by atoms with Crippen LogP contribution < -0.4 is 10.3 Å². The van der Waals surface area contributed by atoms with Crippen molar-refractivity contribution in [2.24, 2.45) is 5.10 Å². The van der Waals surface area contributed by atoms with Crippen LogP contribution in [0.4, 0.5) is 11.6 Å². The molecule has 2 fully saturated rings. The normalized spacial score (nSPS) is 20.6. The molecule has 0 amide bonds. The molecule has 0 atom stereocenters. The van der Waals surface area contributed by atoms with E-state index in [1.807, 2.05) is 19.1 Å². The fourth-order valence-corrected chi connectivity index (χ4v) is 2.62. The van der Waals surface area contributed by atoms with E-state index in [2.05, 4.69) is 30.5 Å². The number of anilines is 2. The van der Waals surface area contributed by atoms with E-state index in [0.717, 1.165) is 70.7 Å². The highest BCUT2D eigenvalue weighted by Crippen LogP contribution is 2.13. The van der Waals surface area contributed by atoms with Crippen LogP contribution in [0.2, 0.25) is 0 Å². The van der Waals surface area contributed by atoms with E-state index in [4.69, 9.17) is 9.47 Å². The predicted octanol–water partition coefficient (Wildman–Crippen LogP) is 0.433. The zero-order valence-electron chi connectivity index (χ0n) is 13.6. The lowest BCUT2D eigenvalue weighted by molar-refractivity contribution is 0.0452. The van der Waals surface area contributed by atoms with Gasteiger partial charge >= 0.3 is 0 Å². The zero-order valence-corrected chi connectivity index (χ0v) is 13.6. The minimum atomic E-state index is 0.656. The summed E-state index contributed by atoms with van der Waals surface area (Å²) < 4.78 is 10.7. The van der Waals surface area contributed by atoms with Crippen molar-refractivity contribution in [2.75, 3.05) is 69.5 Å². The van der Waals surface area contributed by atoms with Crippen molar-refractivity contribution < 1.29 is 9.47 Å². The molecule has 3 rings (SSSR count). The van der Waals surface area contributed by atoms with E-state index in [-0.39, 0.29) is 0 Å². The van der Waals surface area contributed by atoms with Gasteiger partial charge in [0.25, 0.3) is 0 Å². The Hall–Kier alpha value is -1.77. The maximum Gasteiger partial charge on any atom is 0.168 e. The quantitative estimate of drug-likeness (QED) is 0.623. The van der Waals surface area contributed by atoms with Gasteiger partial charge in [-0.2, -0.15) is 5.10 Å². The molecule has 2 saturated heterocycles. The summed E-state index contributed by atoms with van der Waals surface area (Å²) in [5.41, 5.74) is 4.00. The monoisotopic (exact) mass is 320 g/mol. The summed E-state index contributed by atoms with van der Waals surface area (Å²) in [7, 11) is 0. The standard InChI is InChI=1S/C15H24N6O2/c1-13(12-20-4-8-22-9-5-20)16-17-14-2-3-15(19-18-14)21-6-10-23-11-7-21/h2-3H,4-12H2,1H3,(H,17,18)/b16-13+. The van der Waals surface area contributed by atoms with E-state index >= 15 is 0 Å². The molecule has 2 aliphatic rings. The first-order valence-corrected chi connectivity index (χ1v) is 8.07. The second-order valence-corrected chi connectivity index (χ2v) is 5.72. The van der Waals surface area contributed by atoms with Crippen molar-refractivity contribution in [2.45, 2.75) is 6.92 Å². The Morgan fingerprint density at radius 3 is 2.43 bits per heavy atom. The number of hydrogen-bond acceptors (Lipinski definition) is 8. The third-order valence-corrected chi connectivity index (χ3v) is 3.90. The molecule has 126 valence electrons. The Morgan fingerprint density at radius 1 is 1.09 bits per heavy atom. The Morgan fingerprint density at radius 2 is 1.78 bits per heavy atom. The van der Waals surface area contributed by atoms with Gasteiger partial charge in [0.2, 0.25) is 0 Å². The summed E-state index contributed by atoms with van der Waals surface area (Å²) >= 11 is 0. The molecule has 0 saturated carbocycles. The average Bonchev–Trinajstić information content (AvgIpc) is 2.62. The smallest absolute Gasteiger partial charge is 0.168 e. The highest BCUT2D eigenvalue weighted by atomic mass is 16.5. The summed E-state index contributed by atoms with van der Waals surface area (Å²) in [4.78, 5) is 4.50. The molecule has 0 aliphatic carbocycles. The number of aromatic nitrogens is 2. The number of ether oxygens (including phenoxy) is 2. The molecule has 0 spiro atoms. The number of hydrogen-bond donors (Lipinski definition) is 1. The summed E-state index contributed by atoms with van der Waals surface area (Å²) in [6.45, 7) is 9.58. The molecule has 0 bridgehead atoms. The van der Waals surface area contributed by atoms with Crippen LogP contribution in [-0.4, -0.2) is 80.0 Å². The van der Waals surface area contributed by atoms with Crippen LogP contribution in [0.3, 0.4) is 0 Å². The fraction of sp³-hybridized carbons (Fsp3) is 0.667. The zero-order chi connectivity index (χ0) is 15.9. The molecule has 1 N–H and O–H groups in total. The predicted molar refractivity (Wildman–Crippen MR) is 89.1 cm³/mol. The van der Waals surface area contributed by atoms with E-state index in [1.54, 1.807) is 0 Å². The maximum absolute atomic E-state index is 5.34. The number of nitrogens with zero attached hydrogens (tertiary/aromatic N) is 5. The van der Waals surface area contributed by atoms with Gasteiger partial charge < -0.3 is 14.4 Å². The van der Waals surface area contributed by atoms with E-state index in [1.165, 1.54) is 0 Å². The van der Waals surface area contributed by atoms with Gasteiger partial charge in [-0.3, -0.25) is 10.3 Å². The Labute approximate surface area is 136 Å². The number of hydrazone groups is 1. The lowest BCUT2D eigenvalue weighted by atomic mass is 10.3. The lowest BCUT2D eigenvalue weighted by Crippen LogP contribution is -2.39. The Kier molecular flexibility index (Phi) is 5.73. The van der Waals surface area contributed by atoms with Gasteiger partial charge in [-0.15, -0.1) is 10.2 Å². The summed E-state index contributed by atoms with van der Waals surface area (Å²) in [6, 6.07) is 3.87. The summed E-state index contributed by atoms with van der Waals surface area (Å²) in [5, 5.41) is 12.8.